The highest BCUT2D eigenvalue weighted by Gasteiger charge is 2.40. The molecule has 1 aromatic carbocycles. The van der Waals surface area contributed by atoms with E-state index in [9.17, 15) is 9.59 Å². The predicted octanol–water partition coefficient (Wildman–Crippen LogP) is 3.99. The normalized spacial score (nSPS) is 25.8. The molecule has 4 heteroatoms. The van der Waals surface area contributed by atoms with Crippen molar-refractivity contribution in [2.24, 2.45) is 17.8 Å². The average Bonchev–Trinajstić information content (AvgIpc) is 3.26. The number of para-hydroxylation sites is 1. The van der Waals surface area contributed by atoms with Gasteiger partial charge in [0.25, 0.3) is 0 Å². The Morgan fingerprint density at radius 1 is 1.17 bits per heavy atom. The van der Waals surface area contributed by atoms with Crippen LogP contribution in [0.4, 0.5) is 0 Å². The third-order valence-electron chi connectivity index (χ3n) is 5.38. The number of ether oxygens (including phenoxy) is 1. The lowest BCUT2D eigenvalue weighted by atomic mass is 9.86. The van der Waals surface area contributed by atoms with Gasteiger partial charge in [0, 0.05) is 11.8 Å². The monoisotopic (exact) mass is 312 g/mol. The van der Waals surface area contributed by atoms with Gasteiger partial charge >= 0.3 is 5.97 Å². The summed E-state index contributed by atoms with van der Waals surface area (Å²) in [5.41, 5.74) is 0.671. The first-order chi connectivity index (χ1) is 11.2. The van der Waals surface area contributed by atoms with E-state index in [4.69, 9.17) is 9.15 Å². The molecule has 2 bridgehead atoms. The molecule has 0 N–H and O–H groups in total. The minimum absolute atomic E-state index is 0.237. The highest BCUT2D eigenvalue weighted by Crippen LogP contribution is 2.49. The van der Waals surface area contributed by atoms with Crippen LogP contribution >= 0.6 is 0 Å². The van der Waals surface area contributed by atoms with Crippen molar-refractivity contribution < 1.29 is 18.7 Å². The number of carbonyl (C=O) groups is 2. The summed E-state index contributed by atoms with van der Waals surface area (Å²) in [5.74, 6) is 1.67. The second-order valence-corrected chi connectivity index (χ2v) is 6.87. The Morgan fingerprint density at radius 3 is 2.78 bits per heavy atom. The van der Waals surface area contributed by atoms with Crippen LogP contribution in [0.1, 0.15) is 42.7 Å². The minimum Gasteiger partial charge on any atom is -0.457 e. The number of fused-ring (bicyclic) bond motifs is 3. The number of benzene rings is 1. The zero-order valence-corrected chi connectivity index (χ0v) is 13.0. The predicted molar refractivity (Wildman–Crippen MR) is 85.1 cm³/mol. The molecular formula is C19H20O4. The van der Waals surface area contributed by atoms with Crippen molar-refractivity contribution in [1.29, 1.82) is 0 Å². The second kappa shape index (κ2) is 5.84. The summed E-state index contributed by atoms with van der Waals surface area (Å²) in [5, 5.41) is 0.879. The lowest BCUT2D eigenvalue weighted by Gasteiger charge is -2.20. The van der Waals surface area contributed by atoms with Gasteiger partial charge in [-0.05, 0) is 49.1 Å². The molecule has 2 saturated carbocycles. The highest BCUT2D eigenvalue weighted by atomic mass is 16.5. The van der Waals surface area contributed by atoms with Crippen LogP contribution in [0.25, 0.3) is 11.0 Å². The van der Waals surface area contributed by atoms with Crippen molar-refractivity contribution in [2.75, 3.05) is 6.61 Å². The Hall–Kier alpha value is -2.10. The van der Waals surface area contributed by atoms with E-state index in [0.29, 0.717) is 23.8 Å². The van der Waals surface area contributed by atoms with Crippen LogP contribution < -0.4 is 0 Å². The Balaban J connectivity index is 1.31. The largest absolute Gasteiger partial charge is 0.457 e. The molecular weight excluding hydrogens is 292 g/mol. The van der Waals surface area contributed by atoms with Gasteiger partial charge < -0.3 is 9.15 Å². The molecule has 0 aliphatic heterocycles. The van der Waals surface area contributed by atoms with Gasteiger partial charge in [0.05, 0.1) is 0 Å². The van der Waals surface area contributed by atoms with E-state index in [2.05, 4.69) is 0 Å². The summed E-state index contributed by atoms with van der Waals surface area (Å²) in [6, 6.07) is 9.14. The van der Waals surface area contributed by atoms with Crippen LogP contribution in [0, 0.1) is 17.8 Å². The van der Waals surface area contributed by atoms with Crippen molar-refractivity contribution >= 4 is 22.7 Å². The maximum absolute atomic E-state index is 12.1. The van der Waals surface area contributed by atoms with Crippen LogP contribution in [0.15, 0.2) is 34.7 Å². The maximum atomic E-state index is 12.1. The Morgan fingerprint density at radius 2 is 2.04 bits per heavy atom. The van der Waals surface area contributed by atoms with Gasteiger partial charge in [0.2, 0.25) is 5.78 Å². The number of hydrogen-bond donors (Lipinski definition) is 0. The molecule has 0 amide bonds. The molecule has 3 atom stereocenters. The van der Waals surface area contributed by atoms with Crippen LogP contribution in [0.3, 0.4) is 0 Å². The standard InChI is InChI=1S/C19H20O4/c20-16(18-9-14-3-1-2-4-17(14)23-18)11-22-19(21)10-15-8-12-5-6-13(15)7-12/h1-4,9,12-13,15H,5-8,10-11H2/t12-,13+,15+/m0/s1. The third kappa shape index (κ3) is 2.90. The molecule has 2 fully saturated rings. The molecule has 2 aliphatic rings. The lowest BCUT2D eigenvalue weighted by Crippen LogP contribution is -2.19. The van der Waals surface area contributed by atoms with E-state index in [-0.39, 0.29) is 24.1 Å². The van der Waals surface area contributed by atoms with Gasteiger partial charge in [-0.2, -0.15) is 0 Å². The molecule has 2 aliphatic carbocycles. The van der Waals surface area contributed by atoms with E-state index in [1.807, 2.05) is 24.3 Å². The van der Waals surface area contributed by atoms with Gasteiger partial charge in [-0.3, -0.25) is 9.59 Å². The smallest absolute Gasteiger partial charge is 0.306 e. The molecule has 2 aromatic rings. The summed E-state index contributed by atoms with van der Waals surface area (Å²) >= 11 is 0. The molecule has 4 rings (SSSR count). The van der Waals surface area contributed by atoms with Crippen molar-refractivity contribution in [3.63, 3.8) is 0 Å². The zero-order valence-electron chi connectivity index (χ0n) is 13.0. The van der Waals surface area contributed by atoms with Gasteiger partial charge in [-0.15, -0.1) is 0 Å². The summed E-state index contributed by atoms with van der Waals surface area (Å²) < 4.78 is 10.7. The fourth-order valence-corrected chi connectivity index (χ4v) is 4.24. The topological polar surface area (TPSA) is 56.5 Å². The van der Waals surface area contributed by atoms with Gasteiger partial charge in [0.15, 0.2) is 12.4 Å². The summed E-state index contributed by atoms with van der Waals surface area (Å²) in [4.78, 5) is 24.1. The van der Waals surface area contributed by atoms with Crippen LogP contribution in [-0.4, -0.2) is 18.4 Å². The van der Waals surface area contributed by atoms with Gasteiger partial charge in [0.1, 0.15) is 5.58 Å². The number of rotatable bonds is 5. The van der Waals surface area contributed by atoms with Crippen molar-refractivity contribution in [3.05, 3.63) is 36.1 Å². The molecule has 1 heterocycles. The fourth-order valence-electron chi connectivity index (χ4n) is 4.24. The number of furan rings is 1. The van der Waals surface area contributed by atoms with E-state index in [0.717, 1.165) is 17.7 Å². The zero-order chi connectivity index (χ0) is 15.8. The maximum Gasteiger partial charge on any atom is 0.306 e. The molecule has 0 saturated heterocycles. The molecule has 0 radical (unpaired) electrons. The van der Waals surface area contributed by atoms with Crippen LogP contribution in [-0.2, 0) is 9.53 Å². The fraction of sp³-hybridized carbons (Fsp3) is 0.474. The molecule has 1 aromatic heterocycles. The van der Waals surface area contributed by atoms with E-state index >= 15 is 0 Å². The molecule has 23 heavy (non-hydrogen) atoms. The van der Waals surface area contributed by atoms with Gasteiger partial charge in [-0.25, -0.2) is 0 Å². The minimum atomic E-state index is -0.289. The first kappa shape index (κ1) is 14.5. The van der Waals surface area contributed by atoms with Crippen molar-refractivity contribution in [2.45, 2.75) is 32.1 Å². The first-order valence-electron chi connectivity index (χ1n) is 8.36. The van der Waals surface area contributed by atoms with Gasteiger partial charge in [-0.1, -0.05) is 24.6 Å². The van der Waals surface area contributed by atoms with E-state index in [1.54, 1.807) is 6.07 Å². The molecule has 4 nitrogen and oxygen atoms in total. The SMILES string of the molecule is O=C(C[C@H]1C[C@H]2CC[C@@H]1C2)OCC(=O)c1cc2ccccc2o1. The Bertz CT molecular complexity index is 712. The molecule has 120 valence electrons. The summed E-state index contributed by atoms with van der Waals surface area (Å²) in [7, 11) is 0. The quantitative estimate of drug-likeness (QED) is 0.619. The van der Waals surface area contributed by atoms with E-state index in [1.165, 1.54) is 19.3 Å². The number of ketones is 1. The van der Waals surface area contributed by atoms with Crippen LogP contribution in [0.2, 0.25) is 0 Å². The highest BCUT2D eigenvalue weighted by molar-refractivity contribution is 5.99. The molecule has 0 unspecified atom stereocenters. The first-order valence-corrected chi connectivity index (χ1v) is 8.36. The van der Waals surface area contributed by atoms with Crippen LogP contribution in [0.5, 0.6) is 0 Å². The summed E-state index contributed by atoms with van der Waals surface area (Å²) in [6.07, 6.45) is 5.45. The number of carbonyl (C=O) groups excluding carboxylic acids is 2. The van der Waals surface area contributed by atoms with Crippen molar-refractivity contribution in [3.8, 4) is 0 Å². The Kier molecular flexibility index (Phi) is 3.68. The molecule has 0 spiro atoms. The number of hydrogen-bond acceptors (Lipinski definition) is 4. The summed E-state index contributed by atoms with van der Waals surface area (Å²) in [6.45, 7) is -0.237. The van der Waals surface area contributed by atoms with E-state index < -0.39 is 0 Å². The number of esters is 1. The number of Topliss-reactive ketones (excluding diaryl/α,β-unsaturated/α-hetero) is 1. The Labute approximate surface area is 134 Å². The lowest BCUT2D eigenvalue weighted by molar-refractivity contribution is -0.144. The third-order valence-corrected chi connectivity index (χ3v) is 5.38. The van der Waals surface area contributed by atoms with Crippen molar-refractivity contribution in [1.82, 2.24) is 0 Å². The second-order valence-electron chi connectivity index (χ2n) is 6.87. The average molecular weight is 312 g/mol.